The van der Waals surface area contributed by atoms with Crippen molar-refractivity contribution in [3.63, 3.8) is 0 Å². The minimum atomic E-state index is -1.35. The maximum Gasteiger partial charge on any atom is 0.241 e. The number of carbonyl (C=O) groups excluding carboxylic acids is 2. The summed E-state index contributed by atoms with van der Waals surface area (Å²) in [6, 6.07) is 22.6. The molecule has 0 aliphatic rings. The smallest absolute Gasteiger partial charge is 0.241 e. The normalized spacial score (nSPS) is 13.0. The van der Waals surface area contributed by atoms with E-state index in [4.69, 9.17) is 11.1 Å². The molecule has 2 atom stereocenters. The average molecular weight is 675 g/mol. The maximum atomic E-state index is 12.8. The van der Waals surface area contributed by atoms with Gasteiger partial charge >= 0.3 is 0 Å². The molecule has 0 fully saturated rings. The SMILES string of the molecule is Cc1cccnc1NC(=O)C(C)(N=[N+]=[N-])c1ccc(CC(C)C)cc1.Cc1cccnc1NC(=O)C(C)(N=[N+]=[N-])c1ccc(CC(C)C)cc1. The zero-order valence-corrected chi connectivity index (χ0v) is 30.0. The number of nitrogens with zero attached hydrogens (tertiary/aromatic N) is 8. The molecule has 2 aromatic carbocycles. The van der Waals surface area contributed by atoms with Crippen LogP contribution in [0.15, 0.2) is 95.4 Å². The highest BCUT2D eigenvalue weighted by atomic mass is 16.2. The van der Waals surface area contributed by atoms with Gasteiger partial charge in [-0.25, -0.2) is 9.97 Å². The molecule has 0 aliphatic carbocycles. The molecule has 12 heteroatoms. The van der Waals surface area contributed by atoms with Crippen LogP contribution in [0.3, 0.4) is 0 Å². The van der Waals surface area contributed by atoms with Crippen LogP contribution in [0.25, 0.3) is 20.9 Å². The van der Waals surface area contributed by atoms with E-state index in [-0.39, 0.29) is 0 Å². The lowest BCUT2D eigenvalue weighted by molar-refractivity contribution is -0.121. The number of hydrogen-bond acceptors (Lipinski definition) is 6. The fraction of sp³-hybridized carbons (Fsp3) is 0.368. The van der Waals surface area contributed by atoms with Crippen LogP contribution in [-0.4, -0.2) is 21.8 Å². The van der Waals surface area contributed by atoms with Gasteiger partial charge in [-0.05, 0) is 109 Å². The fourth-order valence-electron chi connectivity index (χ4n) is 5.21. The Balaban J connectivity index is 0.000000270. The first-order chi connectivity index (χ1) is 23.7. The molecule has 2 N–H and O–H groups in total. The number of anilines is 2. The third-order valence-electron chi connectivity index (χ3n) is 8.18. The monoisotopic (exact) mass is 674 g/mol. The van der Waals surface area contributed by atoms with E-state index in [2.05, 4.69) is 68.3 Å². The summed E-state index contributed by atoms with van der Waals surface area (Å²) < 4.78 is 0. The summed E-state index contributed by atoms with van der Waals surface area (Å²) in [6.07, 6.45) is 5.12. The molecule has 0 saturated heterocycles. The van der Waals surface area contributed by atoms with E-state index in [1.165, 1.54) is 11.1 Å². The number of nitrogens with one attached hydrogen (secondary N) is 2. The highest BCUT2D eigenvalue weighted by molar-refractivity contribution is 5.99. The molecule has 0 aliphatic heterocycles. The average Bonchev–Trinajstić information content (AvgIpc) is 3.07. The number of benzene rings is 2. The molecule has 2 aromatic heterocycles. The summed E-state index contributed by atoms with van der Waals surface area (Å²) in [5.41, 5.74) is 20.6. The van der Waals surface area contributed by atoms with Crippen LogP contribution in [0.5, 0.6) is 0 Å². The molecule has 0 radical (unpaired) electrons. The summed E-state index contributed by atoms with van der Waals surface area (Å²) in [5.74, 6) is 1.19. The molecule has 12 nitrogen and oxygen atoms in total. The summed E-state index contributed by atoms with van der Waals surface area (Å²) in [7, 11) is 0. The van der Waals surface area contributed by atoms with Crippen molar-refractivity contribution in [1.82, 2.24) is 9.97 Å². The second kappa shape index (κ2) is 17.6. The Morgan fingerprint density at radius 2 is 1.00 bits per heavy atom. The predicted octanol–water partition coefficient (Wildman–Crippen LogP) is 9.51. The lowest BCUT2D eigenvalue weighted by Gasteiger charge is -2.24. The molecular weight excluding hydrogens is 628 g/mol. The Bertz CT molecular complexity index is 1720. The largest absolute Gasteiger partial charge is 0.310 e. The fourth-order valence-corrected chi connectivity index (χ4v) is 5.21. The number of aromatic nitrogens is 2. The number of rotatable bonds is 12. The minimum Gasteiger partial charge on any atom is -0.310 e. The Hall–Kier alpha value is -5.70. The highest BCUT2D eigenvalue weighted by Gasteiger charge is 2.36. The van der Waals surface area contributed by atoms with Gasteiger partial charge in [0, 0.05) is 22.2 Å². The van der Waals surface area contributed by atoms with E-state index in [0.717, 1.165) is 24.0 Å². The van der Waals surface area contributed by atoms with Crippen molar-refractivity contribution in [2.24, 2.45) is 22.1 Å². The van der Waals surface area contributed by atoms with Gasteiger partial charge < -0.3 is 10.6 Å². The second-order valence-electron chi connectivity index (χ2n) is 13.4. The lowest BCUT2D eigenvalue weighted by Crippen LogP contribution is -2.36. The van der Waals surface area contributed by atoms with E-state index in [9.17, 15) is 9.59 Å². The molecular formula is C38H46N10O2. The van der Waals surface area contributed by atoms with Gasteiger partial charge in [-0.2, -0.15) is 0 Å². The van der Waals surface area contributed by atoms with Crippen LogP contribution in [0.1, 0.15) is 74.9 Å². The van der Waals surface area contributed by atoms with E-state index >= 15 is 0 Å². The Kier molecular flexibility index (Phi) is 13.7. The van der Waals surface area contributed by atoms with E-state index in [1.807, 2.05) is 74.5 Å². The van der Waals surface area contributed by atoms with Crippen LogP contribution in [-0.2, 0) is 33.5 Å². The van der Waals surface area contributed by atoms with E-state index < -0.39 is 22.9 Å². The standard InChI is InChI=1S/2C19H23N5O/c2*1-13(2)12-15-7-9-16(10-8-15)19(4,23-24-20)18(25)22-17-14(3)6-5-11-21-17/h2*5-11,13H,12H2,1-4H3,(H,21,22,25). The zero-order chi connectivity index (χ0) is 36.9. The number of azide groups is 2. The van der Waals surface area contributed by atoms with Crippen LogP contribution in [0.2, 0.25) is 0 Å². The van der Waals surface area contributed by atoms with Crippen LogP contribution < -0.4 is 10.6 Å². The molecule has 2 unspecified atom stereocenters. The van der Waals surface area contributed by atoms with E-state index in [0.29, 0.717) is 34.6 Å². The predicted molar refractivity (Wildman–Crippen MR) is 198 cm³/mol. The van der Waals surface area contributed by atoms with Gasteiger partial charge in [-0.15, -0.1) is 0 Å². The highest BCUT2D eigenvalue weighted by Crippen LogP contribution is 2.30. The van der Waals surface area contributed by atoms with Crippen molar-refractivity contribution in [3.8, 4) is 0 Å². The van der Waals surface area contributed by atoms with Gasteiger partial charge in [-0.1, -0.05) is 98.6 Å². The van der Waals surface area contributed by atoms with Gasteiger partial charge in [0.15, 0.2) is 0 Å². The maximum absolute atomic E-state index is 12.8. The van der Waals surface area contributed by atoms with Crippen molar-refractivity contribution in [1.29, 1.82) is 0 Å². The molecule has 50 heavy (non-hydrogen) atoms. The number of pyridine rings is 2. The third kappa shape index (κ3) is 10.2. The van der Waals surface area contributed by atoms with Gasteiger partial charge in [0.05, 0.1) is 0 Å². The summed E-state index contributed by atoms with van der Waals surface area (Å²) >= 11 is 0. The number of amides is 2. The van der Waals surface area contributed by atoms with Gasteiger partial charge in [0.25, 0.3) is 0 Å². The molecule has 4 rings (SSSR count). The van der Waals surface area contributed by atoms with Gasteiger partial charge in [0.1, 0.15) is 22.7 Å². The van der Waals surface area contributed by atoms with E-state index in [1.54, 1.807) is 38.4 Å². The first kappa shape index (κ1) is 38.7. The molecule has 0 bridgehead atoms. The first-order valence-electron chi connectivity index (χ1n) is 16.5. The number of hydrogen-bond donors (Lipinski definition) is 2. The molecule has 0 saturated carbocycles. The molecule has 0 spiro atoms. The van der Waals surface area contributed by atoms with Crippen LogP contribution in [0.4, 0.5) is 11.6 Å². The van der Waals surface area contributed by atoms with Crippen LogP contribution >= 0.6 is 0 Å². The van der Waals surface area contributed by atoms with Gasteiger partial charge in [0.2, 0.25) is 11.8 Å². The third-order valence-corrected chi connectivity index (χ3v) is 8.18. The molecule has 2 heterocycles. The Labute approximate surface area is 294 Å². The quantitative estimate of drug-likeness (QED) is 0.0862. The molecule has 260 valence electrons. The Morgan fingerprint density at radius 3 is 1.28 bits per heavy atom. The topological polar surface area (TPSA) is 182 Å². The van der Waals surface area contributed by atoms with Crippen molar-refractivity contribution in [2.75, 3.05) is 10.6 Å². The summed E-state index contributed by atoms with van der Waals surface area (Å²) in [5, 5.41) is 13.1. The molecule has 2 amide bonds. The summed E-state index contributed by atoms with van der Waals surface area (Å²) in [4.78, 5) is 39.7. The number of carbonyl (C=O) groups is 2. The van der Waals surface area contributed by atoms with Crippen molar-refractivity contribution in [3.05, 3.63) is 139 Å². The zero-order valence-electron chi connectivity index (χ0n) is 30.0. The number of aryl methyl sites for hydroxylation is 2. The van der Waals surface area contributed by atoms with Gasteiger partial charge in [-0.3, -0.25) is 9.59 Å². The minimum absolute atomic E-state index is 0.413. The summed E-state index contributed by atoms with van der Waals surface area (Å²) in [6.45, 7) is 15.5. The van der Waals surface area contributed by atoms with Crippen molar-refractivity contribution < 1.29 is 9.59 Å². The van der Waals surface area contributed by atoms with Crippen molar-refractivity contribution in [2.45, 2.75) is 79.3 Å². The first-order valence-corrected chi connectivity index (χ1v) is 16.5. The second-order valence-corrected chi connectivity index (χ2v) is 13.4. The molecule has 4 aromatic rings. The Morgan fingerprint density at radius 1 is 0.660 bits per heavy atom. The lowest BCUT2D eigenvalue weighted by atomic mass is 9.90. The van der Waals surface area contributed by atoms with Crippen molar-refractivity contribution >= 4 is 23.5 Å². The van der Waals surface area contributed by atoms with Crippen LogP contribution in [0, 0.1) is 25.7 Å².